The Morgan fingerprint density at radius 2 is 2.16 bits per heavy atom. The van der Waals surface area contributed by atoms with Crippen molar-refractivity contribution >= 4 is 38.4 Å². The Kier molecular flexibility index (Phi) is 5.76. The summed E-state index contributed by atoms with van der Waals surface area (Å²) in [5, 5.41) is 3.13. The highest BCUT2D eigenvalue weighted by molar-refractivity contribution is 9.10. The number of halogens is 3. The Balaban J connectivity index is 0.00000180. The van der Waals surface area contributed by atoms with E-state index in [-0.39, 0.29) is 27.8 Å². The molecule has 1 heterocycles. The van der Waals surface area contributed by atoms with Crippen LogP contribution in [0.1, 0.15) is 6.92 Å². The Bertz CT molecular complexity index is 556. The summed E-state index contributed by atoms with van der Waals surface area (Å²) in [5.41, 5.74) is 0. The van der Waals surface area contributed by atoms with E-state index in [0.29, 0.717) is 19.6 Å². The highest BCUT2D eigenvalue weighted by Gasteiger charge is 2.31. The SMILES string of the molecule is C[C@@H]1CNCCN1S(=O)(=O)c1ccc(F)c(Br)c1.Cl. The van der Waals surface area contributed by atoms with Gasteiger partial charge in [0, 0.05) is 25.7 Å². The first kappa shape index (κ1) is 16.8. The van der Waals surface area contributed by atoms with Crippen LogP contribution < -0.4 is 5.32 Å². The Morgan fingerprint density at radius 3 is 2.74 bits per heavy atom. The molecule has 19 heavy (non-hydrogen) atoms. The van der Waals surface area contributed by atoms with Gasteiger partial charge in [0.25, 0.3) is 0 Å². The predicted molar refractivity (Wildman–Crippen MR) is 77.6 cm³/mol. The topological polar surface area (TPSA) is 49.4 Å². The molecule has 1 N–H and O–H groups in total. The second kappa shape index (κ2) is 6.49. The number of sulfonamides is 1. The molecule has 0 aliphatic carbocycles. The molecule has 0 unspecified atom stereocenters. The van der Waals surface area contributed by atoms with Crippen LogP contribution in [0.5, 0.6) is 0 Å². The number of benzene rings is 1. The Labute approximate surface area is 127 Å². The summed E-state index contributed by atoms with van der Waals surface area (Å²) in [7, 11) is -3.55. The predicted octanol–water partition coefficient (Wildman–Crippen LogP) is 1.99. The zero-order valence-electron chi connectivity index (χ0n) is 10.3. The number of rotatable bonds is 2. The summed E-state index contributed by atoms with van der Waals surface area (Å²) in [6, 6.07) is 3.65. The minimum absolute atomic E-state index is 0. The van der Waals surface area contributed by atoms with Crippen molar-refractivity contribution in [2.24, 2.45) is 0 Å². The Morgan fingerprint density at radius 1 is 1.47 bits per heavy atom. The largest absolute Gasteiger partial charge is 0.314 e. The molecule has 1 atom stereocenters. The molecule has 1 fully saturated rings. The van der Waals surface area contributed by atoms with Crippen LogP contribution in [0.2, 0.25) is 0 Å². The second-order valence-corrected chi connectivity index (χ2v) is 6.99. The Hall–Kier alpha value is -0.210. The second-order valence-electron chi connectivity index (χ2n) is 4.24. The number of nitrogens with zero attached hydrogens (tertiary/aromatic N) is 1. The van der Waals surface area contributed by atoms with Crippen LogP contribution in [-0.4, -0.2) is 38.4 Å². The third-order valence-electron chi connectivity index (χ3n) is 2.94. The van der Waals surface area contributed by atoms with Crippen LogP contribution in [0.3, 0.4) is 0 Å². The monoisotopic (exact) mass is 372 g/mol. The van der Waals surface area contributed by atoms with E-state index in [1.165, 1.54) is 16.4 Å². The van der Waals surface area contributed by atoms with E-state index in [1.807, 2.05) is 6.92 Å². The van der Waals surface area contributed by atoms with Crippen molar-refractivity contribution in [2.75, 3.05) is 19.6 Å². The van der Waals surface area contributed by atoms with Gasteiger partial charge in [-0.2, -0.15) is 4.31 Å². The fraction of sp³-hybridized carbons (Fsp3) is 0.455. The van der Waals surface area contributed by atoms with Crippen molar-refractivity contribution in [1.29, 1.82) is 0 Å². The van der Waals surface area contributed by atoms with Crippen molar-refractivity contribution in [3.8, 4) is 0 Å². The summed E-state index contributed by atoms with van der Waals surface area (Å²) < 4.78 is 39.6. The van der Waals surface area contributed by atoms with Gasteiger partial charge in [-0.05, 0) is 41.1 Å². The molecule has 108 valence electrons. The molecule has 1 saturated heterocycles. The lowest BCUT2D eigenvalue weighted by Crippen LogP contribution is -2.52. The van der Waals surface area contributed by atoms with Crippen molar-refractivity contribution in [1.82, 2.24) is 9.62 Å². The highest BCUT2D eigenvalue weighted by atomic mass is 79.9. The van der Waals surface area contributed by atoms with Crippen LogP contribution in [0.25, 0.3) is 0 Å². The molecular weight excluding hydrogens is 359 g/mol. The minimum atomic E-state index is -3.55. The third kappa shape index (κ3) is 3.46. The molecule has 0 spiro atoms. The molecule has 8 heteroatoms. The smallest absolute Gasteiger partial charge is 0.243 e. The molecule has 0 saturated carbocycles. The maximum atomic E-state index is 13.1. The number of nitrogens with one attached hydrogen (secondary N) is 1. The van der Waals surface area contributed by atoms with Crippen LogP contribution in [0.4, 0.5) is 4.39 Å². The summed E-state index contributed by atoms with van der Waals surface area (Å²) in [6.45, 7) is 3.54. The van der Waals surface area contributed by atoms with Crippen LogP contribution >= 0.6 is 28.3 Å². The van der Waals surface area contributed by atoms with Gasteiger partial charge in [0.1, 0.15) is 5.82 Å². The molecule has 0 bridgehead atoms. The van der Waals surface area contributed by atoms with Crippen molar-refractivity contribution in [3.63, 3.8) is 0 Å². The van der Waals surface area contributed by atoms with Crippen LogP contribution in [0.15, 0.2) is 27.6 Å². The fourth-order valence-corrected chi connectivity index (χ4v) is 4.14. The van der Waals surface area contributed by atoms with E-state index in [4.69, 9.17) is 0 Å². The molecule has 1 aromatic carbocycles. The van der Waals surface area contributed by atoms with E-state index in [2.05, 4.69) is 21.2 Å². The van der Waals surface area contributed by atoms with Gasteiger partial charge >= 0.3 is 0 Å². The highest BCUT2D eigenvalue weighted by Crippen LogP contribution is 2.24. The van der Waals surface area contributed by atoms with E-state index in [0.717, 1.165) is 6.07 Å². The summed E-state index contributed by atoms with van der Waals surface area (Å²) in [5.74, 6) is -0.470. The quantitative estimate of drug-likeness (QED) is 0.862. The number of hydrogen-bond acceptors (Lipinski definition) is 3. The van der Waals surface area contributed by atoms with Gasteiger partial charge in [-0.15, -0.1) is 12.4 Å². The van der Waals surface area contributed by atoms with Crippen molar-refractivity contribution < 1.29 is 12.8 Å². The molecule has 1 aliphatic heterocycles. The molecular formula is C11H15BrClFN2O2S. The lowest BCUT2D eigenvalue weighted by Gasteiger charge is -2.32. The van der Waals surface area contributed by atoms with Gasteiger partial charge in [-0.3, -0.25) is 0 Å². The summed E-state index contributed by atoms with van der Waals surface area (Å²) in [6.07, 6.45) is 0. The van der Waals surface area contributed by atoms with E-state index < -0.39 is 15.8 Å². The first-order chi connectivity index (χ1) is 8.43. The van der Waals surface area contributed by atoms with Gasteiger partial charge < -0.3 is 5.32 Å². The molecule has 0 aromatic heterocycles. The summed E-state index contributed by atoms with van der Waals surface area (Å²) >= 11 is 3.01. The summed E-state index contributed by atoms with van der Waals surface area (Å²) in [4.78, 5) is 0.115. The number of piperazine rings is 1. The molecule has 0 radical (unpaired) electrons. The lowest BCUT2D eigenvalue weighted by atomic mass is 10.3. The van der Waals surface area contributed by atoms with E-state index in [9.17, 15) is 12.8 Å². The van der Waals surface area contributed by atoms with E-state index >= 15 is 0 Å². The normalized spacial score (nSPS) is 20.9. The van der Waals surface area contributed by atoms with Crippen LogP contribution in [0, 0.1) is 5.82 Å². The first-order valence-corrected chi connectivity index (χ1v) is 7.84. The van der Waals surface area contributed by atoms with Crippen molar-refractivity contribution in [3.05, 3.63) is 28.5 Å². The van der Waals surface area contributed by atoms with Gasteiger partial charge in [0.2, 0.25) is 10.0 Å². The molecule has 1 aromatic rings. The van der Waals surface area contributed by atoms with Crippen molar-refractivity contribution in [2.45, 2.75) is 17.9 Å². The number of hydrogen-bond donors (Lipinski definition) is 1. The van der Waals surface area contributed by atoms with Gasteiger partial charge in [0.15, 0.2) is 0 Å². The standard InChI is InChI=1S/C11H14BrFN2O2S.ClH/c1-8-7-14-4-5-15(8)18(16,17)9-2-3-11(13)10(12)6-9;/h2-3,6,8,14H,4-5,7H2,1H3;1H/t8-;/m1./s1. The van der Waals surface area contributed by atoms with Gasteiger partial charge in [-0.25, -0.2) is 12.8 Å². The molecule has 2 rings (SSSR count). The lowest BCUT2D eigenvalue weighted by molar-refractivity contribution is 0.284. The van der Waals surface area contributed by atoms with Crippen LogP contribution in [-0.2, 0) is 10.0 Å². The zero-order chi connectivity index (χ0) is 13.3. The average Bonchev–Trinajstić information content (AvgIpc) is 2.33. The van der Waals surface area contributed by atoms with Gasteiger partial charge in [0.05, 0.1) is 9.37 Å². The molecule has 0 amide bonds. The maximum absolute atomic E-state index is 13.1. The maximum Gasteiger partial charge on any atom is 0.243 e. The molecule has 1 aliphatic rings. The first-order valence-electron chi connectivity index (χ1n) is 5.60. The van der Waals surface area contributed by atoms with E-state index in [1.54, 1.807) is 0 Å². The minimum Gasteiger partial charge on any atom is -0.314 e. The van der Waals surface area contributed by atoms with Gasteiger partial charge in [-0.1, -0.05) is 0 Å². The molecule has 4 nitrogen and oxygen atoms in total. The fourth-order valence-electron chi connectivity index (χ4n) is 1.95. The average molecular weight is 374 g/mol. The zero-order valence-corrected chi connectivity index (χ0v) is 13.5. The third-order valence-corrected chi connectivity index (χ3v) is 5.56.